The summed E-state index contributed by atoms with van der Waals surface area (Å²) >= 11 is 0. The molecule has 3 heterocycles. The van der Waals surface area contributed by atoms with Gasteiger partial charge in [0.2, 0.25) is 5.91 Å². The van der Waals surface area contributed by atoms with Gasteiger partial charge in [-0.05, 0) is 49.9 Å². The molecule has 2 aromatic carbocycles. The van der Waals surface area contributed by atoms with Crippen LogP contribution in [0, 0.1) is 11.6 Å². The van der Waals surface area contributed by atoms with E-state index in [-0.39, 0.29) is 24.0 Å². The van der Waals surface area contributed by atoms with Crippen LogP contribution < -0.4 is 10.5 Å². The zero-order chi connectivity index (χ0) is 28.4. The van der Waals surface area contributed by atoms with Gasteiger partial charge in [0.05, 0.1) is 30.3 Å². The molecule has 0 fully saturated rings. The maximum atomic E-state index is 14.4. The van der Waals surface area contributed by atoms with Crippen LogP contribution in [0.15, 0.2) is 41.2 Å². The van der Waals surface area contributed by atoms with Gasteiger partial charge in [0.25, 0.3) is 5.56 Å². The summed E-state index contributed by atoms with van der Waals surface area (Å²) in [7, 11) is 1.58. The fourth-order valence-corrected chi connectivity index (χ4v) is 5.67. The molecule has 2 unspecified atom stereocenters. The van der Waals surface area contributed by atoms with Crippen molar-refractivity contribution in [1.29, 1.82) is 0 Å². The molecular weight excluding hydrogens is 508 g/mol. The number of hydrogen-bond acceptors (Lipinski definition) is 5. The second-order valence-electron chi connectivity index (χ2n) is 11.6. The number of halogens is 2. The van der Waals surface area contributed by atoms with Crippen molar-refractivity contribution in [3.8, 4) is 0 Å². The predicted molar refractivity (Wildman–Crippen MR) is 142 cm³/mol. The van der Waals surface area contributed by atoms with E-state index in [4.69, 9.17) is 9.47 Å². The molecule has 0 spiro atoms. The molecule has 0 aliphatic carbocycles. The number of aromatic nitrogens is 1. The first-order valence-electron chi connectivity index (χ1n) is 12.7. The molecule has 1 aromatic heterocycles. The number of para-hydroxylation sites is 1. The Kier molecular flexibility index (Phi) is 6.29. The highest BCUT2D eigenvalue weighted by Gasteiger charge is 2.53. The molecule has 2 aliphatic heterocycles. The van der Waals surface area contributed by atoms with Crippen LogP contribution >= 0.6 is 0 Å². The topological polar surface area (TPSA) is 91.9 Å². The van der Waals surface area contributed by atoms with Crippen molar-refractivity contribution >= 4 is 28.5 Å². The van der Waals surface area contributed by atoms with Crippen molar-refractivity contribution in [2.24, 2.45) is 0 Å². The van der Waals surface area contributed by atoms with Crippen LogP contribution in [0.25, 0.3) is 10.8 Å². The number of H-pyrrole nitrogens is 1. The Labute approximate surface area is 224 Å². The summed E-state index contributed by atoms with van der Waals surface area (Å²) in [6.45, 7) is 9.15. The molecule has 5 rings (SSSR count). The van der Waals surface area contributed by atoms with Gasteiger partial charge in [-0.2, -0.15) is 0 Å². The van der Waals surface area contributed by atoms with Gasteiger partial charge >= 0.3 is 6.09 Å². The fraction of sp³-hybridized carbons (Fsp3) is 0.414. The summed E-state index contributed by atoms with van der Waals surface area (Å²) in [5, 5.41) is 0.183. The highest BCUT2D eigenvalue weighted by Crippen LogP contribution is 2.47. The Hall–Kier alpha value is -3.79. The van der Waals surface area contributed by atoms with E-state index in [1.807, 2.05) is 26.0 Å². The van der Waals surface area contributed by atoms with Gasteiger partial charge in [-0.15, -0.1) is 0 Å². The highest BCUT2D eigenvalue weighted by atomic mass is 19.2. The average Bonchev–Trinajstić information content (AvgIpc) is 3.10. The lowest BCUT2D eigenvalue weighted by molar-refractivity contribution is -0.136. The minimum atomic E-state index is -1.14. The number of nitrogens with one attached hydrogen (secondary N) is 1. The van der Waals surface area contributed by atoms with Crippen molar-refractivity contribution < 1.29 is 27.8 Å². The molecule has 206 valence electrons. The van der Waals surface area contributed by atoms with Crippen LogP contribution in [-0.4, -0.2) is 47.2 Å². The van der Waals surface area contributed by atoms with E-state index < -0.39 is 52.3 Å². The molecule has 2 aliphatic rings. The lowest BCUT2D eigenvalue weighted by Gasteiger charge is -2.39. The van der Waals surface area contributed by atoms with Gasteiger partial charge in [0.15, 0.2) is 11.6 Å². The normalized spacial score (nSPS) is 19.9. The number of likely N-dealkylation sites (N-methyl/N-ethyl adjacent to an activating group) is 1. The Morgan fingerprint density at radius 3 is 2.44 bits per heavy atom. The number of fused-ring (bicyclic) bond motifs is 4. The quantitative estimate of drug-likeness (QED) is 0.498. The van der Waals surface area contributed by atoms with Gasteiger partial charge in [-0.25, -0.2) is 13.6 Å². The lowest BCUT2D eigenvalue weighted by atomic mass is 9.79. The Morgan fingerprint density at radius 1 is 1.13 bits per heavy atom. The molecule has 10 heteroatoms. The number of carbonyl (C=O) groups excluding carboxylic acids is 2. The van der Waals surface area contributed by atoms with E-state index >= 15 is 0 Å². The van der Waals surface area contributed by atoms with Gasteiger partial charge in [-0.1, -0.05) is 32.0 Å². The second-order valence-corrected chi connectivity index (χ2v) is 11.6. The van der Waals surface area contributed by atoms with Gasteiger partial charge in [0, 0.05) is 23.7 Å². The average molecular weight is 540 g/mol. The largest absolute Gasteiger partial charge is 0.443 e. The third-order valence-corrected chi connectivity index (χ3v) is 7.48. The smallest absolute Gasteiger partial charge is 0.415 e. The Morgan fingerprint density at radius 2 is 1.77 bits per heavy atom. The zero-order valence-corrected chi connectivity index (χ0v) is 22.7. The Balaban J connectivity index is 1.61. The molecule has 0 saturated heterocycles. The van der Waals surface area contributed by atoms with Gasteiger partial charge < -0.3 is 19.4 Å². The maximum absolute atomic E-state index is 14.4. The van der Waals surface area contributed by atoms with Crippen LogP contribution in [0.3, 0.4) is 0 Å². The van der Waals surface area contributed by atoms with Crippen LogP contribution in [-0.2, 0) is 26.3 Å². The minimum absolute atomic E-state index is 0.0237. The minimum Gasteiger partial charge on any atom is -0.443 e. The number of rotatable bonds is 2. The fourth-order valence-electron chi connectivity index (χ4n) is 5.67. The number of carbonyl (C=O) groups is 2. The van der Waals surface area contributed by atoms with Crippen molar-refractivity contribution in [3.63, 3.8) is 0 Å². The number of benzene rings is 2. The van der Waals surface area contributed by atoms with Crippen LogP contribution in [0.2, 0.25) is 0 Å². The Bertz CT molecular complexity index is 1560. The molecule has 0 bridgehead atoms. The molecule has 8 nitrogen and oxygen atoms in total. The standard InChI is InChI=1S/C29H31F2N3O5/c1-28(2,3)39-27(37)34-21-10-8-7-9-17(21)29(4,5)24(34)26(36)33(6)22-14-38-13-20-23(22)15-11-18(30)19(31)12-16(15)25(35)32-20/h7-12,22,24H,13-14H2,1-6H3,(H,32,35). The number of amides is 2. The van der Waals surface area contributed by atoms with Gasteiger partial charge in [0.1, 0.15) is 11.6 Å². The third-order valence-electron chi connectivity index (χ3n) is 7.48. The van der Waals surface area contributed by atoms with Gasteiger partial charge in [-0.3, -0.25) is 14.5 Å². The number of ether oxygens (including phenoxy) is 2. The van der Waals surface area contributed by atoms with Crippen LogP contribution in [0.4, 0.5) is 19.3 Å². The number of hydrogen-bond donors (Lipinski definition) is 1. The first kappa shape index (κ1) is 26.8. The predicted octanol–water partition coefficient (Wildman–Crippen LogP) is 4.94. The zero-order valence-electron chi connectivity index (χ0n) is 22.7. The number of anilines is 1. The second kappa shape index (κ2) is 9.15. The van der Waals surface area contributed by atoms with E-state index in [9.17, 15) is 23.2 Å². The number of nitrogens with zero attached hydrogens (tertiary/aromatic N) is 2. The molecule has 39 heavy (non-hydrogen) atoms. The van der Waals surface area contributed by atoms with E-state index in [2.05, 4.69) is 4.98 Å². The van der Waals surface area contributed by atoms with Crippen LogP contribution in [0.1, 0.15) is 57.5 Å². The van der Waals surface area contributed by atoms with Crippen molar-refractivity contribution in [2.75, 3.05) is 18.6 Å². The highest BCUT2D eigenvalue weighted by molar-refractivity contribution is 6.02. The molecule has 0 radical (unpaired) electrons. The summed E-state index contributed by atoms with van der Waals surface area (Å²) in [5.74, 6) is -2.64. The third kappa shape index (κ3) is 4.36. The number of pyridine rings is 1. The van der Waals surface area contributed by atoms with Crippen molar-refractivity contribution in [1.82, 2.24) is 9.88 Å². The molecule has 2 atom stereocenters. The van der Waals surface area contributed by atoms with Crippen LogP contribution in [0.5, 0.6) is 0 Å². The molecule has 1 N–H and O–H groups in total. The summed E-state index contributed by atoms with van der Waals surface area (Å²) in [5.41, 5.74) is 0.0868. The molecule has 0 saturated carbocycles. The summed E-state index contributed by atoms with van der Waals surface area (Å²) in [6, 6.07) is 7.44. The lowest BCUT2D eigenvalue weighted by Crippen LogP contribution is -2.56. The summed E-state index contributed by atoms with van der Waals surface area (Å²) in [4.78, 5) is 46.0. The maximum Gasteiger partial charge on any atom is 0.415 e. The number of aromatic amines is 1. The molecule has 2 amide bonds. The van der Waals surface area contributed by atoms with E-state index in [0.717, 1.165) is 17.7 Å². The van der Waals surface area contributed by atoms with Crippen molar-refractivity contribution in [2.45, 2.75) is 64.3 Å². The SMILES string of the molecule is CN(C(=O)C1N(C(=O)OC(C)(C)C)c2ccccc2C1(C)C)C1COCc2[nH]c(=O)c3cc(F)c(F)cc3c21. The summed E-state index contributed by atoms with van der Waals surface area (Å²) < 4.78 is 39.8. The van der Waals surface area contributed by atoms with E-state index in [0.29, 0.717) is 16.9 Å². The van der Waals surface area contributed by atoms with Crippen molar-refractivity contribution in [3.05, 3.63) is 75.2 Å². The first-order chi connectivity index (χ1) is 18.2. The molecular formula is C29H31F2N3O5. The summed E-state index contributed by atoms with van der Waals surface area (Å²) in [6.07, 6.45) is -0.653. The monoisotopic (exact) mass is 539 g/mol. The molecule has 3 aromatic rings. The first-order valence-corrected chi connectivity index (χ1v) is 12.7. The van der Waals surface area contributed by atoms with E-state index in [1.165, 1.54) is 9.80 Å². The van der Waals surface area contributed by atoms with E-state index in [1.54, 1.807) is 40.0 Å².